The topological polar surface area (TPSA) is 86.1 Å². The molecule has 0 saturated heterocycles. The second-order valence-electron chi connectivity index (χ2n) is 6.72. The number of hydrogen-bond acceptors (Lipinski definition) is 5. The number of nitrogens with zero attached hydrogens (tertiary/aromatic N) is 3. The number of aromatic nitrogens is 3. The van der Waals surface area contributed by atoms with Crippen molar-refractivity contribution in [2.45, 2.75) is 44.0 Å². The van der Waals surface area contributed by atoms with Gasteiger partial charge in [0.15, 0.2) is 5.03 Å². The summed E-state index contributed by atoms with van der Waals surface area (Å²) in [5, 5.41) is 0.0970. The predicted molar refractivity (Wildman–Crippen MR) is 104 cm³/mol. The smallest absolute Gasteiger partial charge is 0.259 e. The minimum Gasteiger partial charge on any atom is -0.487 e. The van der Waals surface area contributed by atoms with Crippen molar-refractivity contribution in [1.29, 1.82) is 0 Å². The number of sulfonamides is 1. The van der Waals surface area contributed by atoms with Gasteiger partial charge in [0, 0.05) is 31.9 Å². The minimum atomic E-state index is -3.63. The summed E-state index contributed by atoms with van der Waals surface area (Å²) in [6.07, 6.45) is 6.30. The van der Waals surface area contributed by atoms with Gasteiger partial charge in [0.1, 0.15) is 18.2 Å². The van der Waals surface area contributed by atoms with Crippen molar-refractivity contribution in [3.05, 3.63) is 71.9 Å². The Balaban J connectivity index is 1.34. The minimum absolute atomic E-state index is 0.0970. The summed E-state index contributed by atoms with van der Waals surface area (Å²) in [6.45, 7) is 1.42. The zero-order valence-corrected chi connectivity index (χ0v) is 16.2. The van der Waals surface area contributed by atoms with E-state index in [2.05, 4.69) is 14.7 Å². The molecule has 0 fully saturated rings. The molecule has 1 N–H and O–H groups in total. The maximum absolute atomic E-state index is 12.5. The summed E-state index contributed by atoms with van der Waals surface area (Å²) in [7, 11) is -3.63. The Morgan fingerprint density at radius 2 is 1.96 bits per heavy atom. The lowest BCUT2D eigenvalue weighted by atomic mass is 10.2. The molecule has 0 bridgehead atoms. The van der Waals surface area contributed by atoms with Gasteiger partial charge in [-0.15, -0.1) is 0 Å². The van der Waals surface area contributed by atoms with Crippen molar-refractivity contribution < 1.29 is 13.2 Å². The fourth-order valence-electron chi connectivity index (χ4n) is 3.11. The molecule has 4 rings (SSSR count). The highest BCUT2D eigenvalue weighted by atomic mass is 32.2. The molecule has 0 spiro atoms. The van der Waals surface area contributed by atoms with E-state index >= 15 is 0 Å². The number of hydrogen-bond donors (Lipinski definition) is 1. The average Bonchev–Trinajstić information content (AvgIpc) is 3.18. The Hall–Kier alpha value is -2.71. The highest BCUT2D eigenvalue weighted by molar-refractivity contribution is 7.89. The van der Waals surface area contributed by atoms with Gasteiger partial charge in [-0.25, -0.2) is 18.1 Å². The summed E-state index contributed by atoms with van der Waals surface area (Å²) in [5.74, 6) is 1.56. The standard InChI is InChI=1S/C20H22N4O3S/c25-28(26,20-14-24-12-4-2-6-19(24)23-20)22-13-16-7-9-18(10-8-16)27-15-17-5-1-3-11-21-17/h1,3,5,7-11,14,22H,2,4,6,12-13,15H2. The Morgan fingerprint density at radius 1 is 1.11 bits per heavy atom. The molecular formula is C20H22N4O3S. The van der Waals surface area contributed by atoms with E-state index in [0.29, 0.717) is 12.4 Å². The second kappa shape index (κ2) is 8.12. The van der Waals surface area contributed by atoms with E-state index in [-0.39, 0.29) is 11.6 Å². The van der Waals surface area contributed by atoms with Crippen LogP contribution in [0.3, 0.4) is 0 Å². The molecule has 8 heteroatoms. The van der Waals surface area contributed by atoms with Crippen LogP contribution in [0.5, 0.6) is 5.75 Å². The van der Waals surface area contributed by atoms with Crippen LogP contribution in [0.4, 0.5) is 0 Å². The van der Waals surface area contributed by atoms with Crippen molar-refractivity contribution in [3.8, 4) is 5.75 Å². The zero-order chi connectivity index (χ0) is 19.4. The lowest BCUT2D eigenvalue weighted by Crippen LogP contribution is -2.23. The molecule has 0 radical (unpaired) electrons. The molecule has 1 aliphatic heterocycles. The normalized spacial score (nSPS) is 13.9. The quantitative estimate of drug-likeness (QED) is 0.661. The Morgan fingerprint density at radius 3 is 2.71 bits per heavy atom. The molecule has 146 valence electrons. The number of fused-ring (bicyclic) bond motifs is 1. The van der Waals surface area contributed by atoms with E-state index in [1.807, 2.05) is 47.0 Å². The summed E-state index contributed by atoms with van der Waals surface area (Å²) in [4.78, 5) is 8.50. The predicted octanol–water partition coefficient (Wildman–Crippen LogP) is 2.67. The van der Waals surface area contributed by atoms with Crippen LogP contribution in [0, 0.1) is 0 Å². The first-order valence-corrected chi connectivity index (χ1v) is 10.8. The third kappa shape index (κ3) is 4.40. The van der Waals surface area contributed by atoms with E-state index in [1.54, 1.807) is 12.4 Å². The Labute approximate surface area is 164 Å². The van der Waals surface area contributed by atoms with E-state index in [4.69, 9.17) is 4.74 Å². The summed E-state index contributed by atoms with van der Waals surface area (Å²) < 4.78 is 35.3. The van der Waals surface area contributed by atoms with Gasteiger partial charge in [-0.1, -0.05) is 18.2 Å². The van der Waals surface area contributed by atoms with Gasteiger partial charge in [0.25, 0.3) is 10.0 Å². The number of ether oxygens (including phenoxy) is 1. The van der Waals surface area contributed by atoms with Gasteiger partial charge in [0.05, 0.1) is 5.69 Å². The zero-order valence-electron chi connectivity index (χ0n) is 15.4. The van der Waals surface area contributed by atoms with Crippen LogP contribution in [0.25, 0.3) is 0 Å². The SMILES string of the molecule is O=S(=O)(NCc1ccc(OCc2ccccn2)cc1)c1cn2c(n1)CCCC2. The number of rotatable bonds is 7. The lowest BCUT2D eigenvalue weighted by molar-refractivity contribution is 0.301. The van der Waals surface area contributed by atoms with E-state index in [9.17, 15) is 8.42 Å². The molecule has 1 aromatic carbocycles. The first-order valence-electron chi connectivity index (χ1n) is 9.27. The molecule has 2 aromatic heterocycles. The van der Waals surface area contributed by atoms with Gasteiger partial charge in [-0.3, -0.25) is 4.98 Å². The van der Waals surface area contributed by atoms with Crippen molar-refractivity contribution in [2.24, 2.45) is 0 Å². The third-order valence-electron chi connectivity index (χ3n) is 4.66. The van der Waals surface area contributed by atoms with Crippen LogP contribution in [0.2, 0.25) is 0 Å². The molecule has 0 atom stereocenters. The highest BCUT2D eigenvalue weighted by Crippen LogP contribution is 2.18. The van der Waals surface area contributed by atoms with Gasteiger partial charge < -0.3 is 9.30 Å². The average molecular weight is 398 g/mol. The molecule has 0 amide bonds. The van der Waals surface area contributed by atoms with E-state index in [1.165, 1.54) is 0 Å². The fourth-order valence-corrected chi connectivity index (χ4v) is 4.11. The molecule has 0 unspecified atom stereocenters. The van der Waals surface area contributed by atoms with Crippen LogP contribution in [0.1, 0.15) is 29.9 Å². The van der Waals surface area contributed by atoms with E-state index in [0.717, 1.165) is 42.9 Å². The second-order valence-corrected chi connectivity index (χ2v) is 8.44. The molecule has 3 aromatic rings. The van der Waals surface area contributed by atoms with Gasteiger partial charge in [-0.05, 0) is 42.7 Å². The summed E-state index contributed by atoms with van der Waals surface area (Å²) >= 11 is 0. The maximum atomic E-state index is 12.5. The molecular weight excluding hydrogens is 376 g/mol. The summed E-state index contributed by atoms with van der Waals surface area (Å²) in [5.41, 5.74) is 1.69. The van der Waals surface area contributed by atoms with E-state index < -0.39 is 10.0 Å². The lowest BCUT2D eigenvalue weighted by Gasteiger charge is -2.11. The highest BCUT2D eigenvalue weighted by Gasteiger charge is 2.21. The van der Waals surface area contributed by atoms with Crippen LogP contribution in [-0.2, 0) is 36.1 Å². The summed E-state index contributed by atoms with van der Waals surface area (Å²) in [6, 6.07) is 13.0. The van der Waals surface area contributed by atoms with Crippen molar-refractivity contribution in [1.82, 2.24) is 19.3 Å². The van der Waals surface area contributed by atoms with Crippen LogP contribution < -0.4 is 9.46 Å². The molecule has 1 aliphatic rings. The van der Waals surface area contributed by atoms with Crippen LogP contribution >= 0.6 is 0 Å². The van der Waals surface area contributed by atoms with Gasteiger partial charge in [-0.2, -0.15) is 0 Å². The van der Waals surface area contributed by atoms with Gasteiger partial charge in [0.2, 0.25) is 0 Å². The van der Waals surface area contributed by atoms with Crippen molar-refractivity contribution >= 4 is 10.0 Å². The monoisotopic (exact) mass is 398 g/mol. The Bertz CT molecular complexity index is 1010. The largest absolute Gasteiger partial charge is 0.487 e. The number of imidazole rings is 1. The molecule has 7 nitrogen and oxygen atoms in total. The van der Waals surface area contributed by atoms with Crippen molar-refractivity contribution in [2.75, 3.05) is 0 Å². The molecule has 3 heterocycles. The first kappa shape index (κ1) is 18.6. The number of benzene rings is 1. The molecule has 0 saturated carbocycles. The Kier molecular flexibility index (Phi) is 5.40. The molecule has 0 aliphatic carbocycles. The third-order valence-corrected chi connectivity index (χ3v) is 5.94. The fraction of sp³-hybridized carbons (Fsp3) is 0.300. The van der Waals surface area contributed by atoms with Crippen LogP contribution in [-0.4, -0.2) is 23.0 Å². The number of aryl methyl sites for hydroxylation is 2. The maximum Gasteiger partial charge on any atom is 0.259 e. The first-order chi connectivity index (χ1) is 13.6. The number of pyridine rings is 1. The number of nitrogens with one attached hydrogen (secondary N) is 1. The molecule has 28 heavy (non-hydrogen) atoms. The van der Waals surface area contributed by atoms with Crippen molar-refractivity contribution in [3.63, 3.8) is 0 Å². The van der Waals surface area contributed by atoms with Gasteiger partial charge >= 0.3 is 0 Å². The van der Waals surface area contributed by atoms with Crippen LogP contribution in [0.15, 0.2) is 59.9 Å².